The summed E-state index contributed by atoms with van der Waals surface area (Å²) < 4.78 is 4.68. The second kappa shape index (κ2) is 8.04. The first-order valence-electron chi connectivity index (χ1n) is 6.64. The Hall–Kier alpha value is -2.37. The maximum Gasteiger partial charge on any atom is 0.339 e. The lowest BCUT2D eigenvalue weighted by Crippen LogP contribution is -2.15. The van der Waals surface area contributed by atoms with Crippen LogP contribution in [0, 0.1) is 6.92 Å². The van der Waals surface area contributed by atoms with Crippen molar-refractivity contribution in [2.75, 3.05) is 12.4 Å². The predicted octanol–water partition coefficient (Wildman–Crippen LogP) is 2.37. The number of rotatable bonds is 7. The molecule has 0 radical (unpaired) electrons. The number of ether oxygens (including phenoxy) is 1. The summed E-state index contributed by atoms with van der Waals surface area (Å²) in [6.45, 7) is 1.84. The van der Waals surface area contributed by atoms with Gasteiger partial charge in [0.15, 0.2) is 0 Å². The van der Waals surface area contributed by atoms with Gasteiger partial charge < -0.3 is 15.2 Å². The van der Waals surface area contributed by atoms with Gasteiger partial charge >= 0.3 is 11.9 Å². The Morgan fingerprint density at radius 2 is 1.86 bits per heavy atom. The largest absolute Gasteiger partial charge is 0.481 e. The molecule has 0 aliphatic carbocycles. The second-order valence-electron chi connectivity index (χ2n) is 4.69. The van der Waals surface area contributed by atoms with Crippen LogP contribution in [0.5, 0.6) is 0 Å². The van der Waals surface area contributed by atoms with E-state index in [9.17, 15) is 14.4 Å². The minimum absolute atomic E-state index is 0.0468. The van der Waals surface area contributed by atoms with Gasteiger partial charge in [-0.1, -0.05) is 11.6 Å². The molecule has 6 heteroatoms. The monoisotopic (exact) mass is 293 g/mol. The van der Waals surface area contributed by atoms with Crippen LogP contribution in [0.15, 0.2) is 18.2 Å². The lowest BCUT2D eigenvalue weighted by atomic mass is 10.1. The number of carboxylic acids is 1. The molecule has 0 saturated carbocycles. The number of unbranched alkanes of at least 4 members (excludes halogenated alkanes) is 1. The molecule has 0 saturated heterocycles. The molecule has 1 aromatic rings. The number of hydrogen-bond acceptors (Lipinski definition) is 4. The minimum Gasteiger partial charge on any atom is -0.481 e. The highest BCUT2D eigenvalue weighted by Gasteiger charge is 2.14. The summed E-state index contributed by atoms with van der Waals surface area (Å²) in [6, 6.07) is 5.08. The first kappa shape index (κ1) is 16.7. The van der Waals surface area contributed by atoms with E-state index in [4.69, 9.17) is 5.11 Å². The molecule has 0 heterocycles. The van der Waals surface area contributed by atoms with E-state index in [1.807, 2.05) is 6.92 Å². The Balaban J connectivity index is 2.63. The average Bonchev–Trinajstić information content (AvgIpc) is 2.44. The average molecular weight is 293 g/mol. The molecule has 6 nitrogen and oxygen atoms in total. The molecule has 21 heavy (non-hydrogen) atoms. The molecule has 0 bridgehead atoms. The van der Waals surface area contributed by atoms with Crippen LogP contribution >= 0.6 is 0 Å². The van der Waals surface area contributed by atoms with Gasteiger partial charge in [0.1, 0.15) is 0 Å². The third-order valence-corrected chi connectivity index (χ3v) is 2.90. The van der Waals surface area contributed by atoms with E-state index in [2.05, 4.69) is 10.1 Å². The zero-order valence-corrected chi connectivity index (χ0v) is 12.1. The number of aliphatic carboxylic acids is 1. The van der Waals surface area contributed by atoms with E-state index >= 15 is 0 Å². The summed E-state index contributed by atoms with van der Waals surface area (Å²) in [5, 5.41) is 11.2. The molecule has 114 valence electrons. The molecule has 0 spiro atoms. The van der Waals surface area contributed by atoms with Crippen LogP contribution in [0.4, 0.5) is 5.69 Å². The number of benzene rings is 1. The molecule has 0 unspecified atom stereocenters. The van der Waals surface area contributed by atoms with Crippen molar-refractivity contribution in [2.24, 2.45) is 0 Å². The van der Waals surface area contributed by atoms with E-state index in [-0.39, 0.29) is 18.7 Å². The molecule has 0 aliphatic heterocycles. The van der Waals surface area contributed by atoms with Gasteiger partial charge in [-0.2, -0.15) is 0 Å². The number of hydrogen-bond donors (Lipinski definition) is 2. The topological polar surface area (TPSA) is 92.7 Å². The number of amides is 1. The zero-order chi connectivity index (χ0) is 15.8. The fourth-order valence-corrected chi connectivity index (χ4v) is 1.82. The summed E-state index contributed by atoms with van der Waals surface area (Å²) >= 11 is 0. The highest BCUT2D eigenvalue weighted by molar-refractivity contribution is 6.01. The van der Waals surface area contributed by atoms with Crippen molar-refractivity contribution in [1.29, 1.82) is 0 Å². The van der Waals surface area contributed by atoms with Crippen LogP contribution in [0.25, 0.3) is 0 Å². The normalized spacial score (nSPS) is 10.0. The van der Waals surface area contributed by atoms with Crippen LogP contribution < -0.4 is 5.32 Å². The van der Waals surface area contributed by atoms with Gasteiger partial charge in [0.25, 0.3) is 0 Å². The Morgan fingerprint density at radius 3 is 2.48 bits per heavy atom. The fraction of sp³-hybridized carbons (Fsp3) is 0.400. The number of nitrogens with one attached hydrogen (secondary N) is 1. The summed E-state index contributed by atoms with van der Waals surface area (Å²) in [5.41, 5.74) is 1.59. The van der Waals surface area contributed by atoms with Gasteiger partial charge in [-0.3, -0.25) is 9.59 Å². The second-order valence-corrected chi connectivity index (χ2v) is 4.69. The van der Waals surface area contributed by atoms with Crippen molar-refractivity contribution in [3.05, 3.63) is 29.3 Å². The Kier molecular flexibility index (Phi) is 6.39. The molecular formula is C15H19NO5. The molecule has 0 aromatic heterocycles. The summed E-state index contributed by atoms with van der Waals surface area (Å²) in [5.74, 6) is -1.64. The van der Waals surface area contributed by atoms with Crippen LogP contribution in [-0.4, -0.2) is 30.1 Å². The smallest absolute Gasteiger partial charge is 0.339 e. The molecule has 2 N–H and O–H groups in total. The lowest BCUT2D eigenvalue weighted by molar-refractivity contribution is -0.137. The van der Waals surface area contributed by atoms with Crippen molar-refractivity contribution < 1.29 is 24.2 Å². The zero-order valence-electron chi connectivity index (χ0n) is 12.1. The van der Waals surface area contributed by atoms with Crippen molar-refractivity contribution in [3.8, 4) is 0 Å². The Labute approximate surface area is 123 Å². The van der Waals surface area contributed by atoms with Crippen LogP contribution in [-0.2, 0) is 14.3 Å². The van der Waals surface area contributed by atoms with Gasteiger partial charge in [0, 0.05) is 12.8 Å². The number of anilines is 1. The highest BCUT2D eigenvalue weighted by atomic mass is 16.5. The van der Waals surface area contributed by atoms with Gasteiger partial charge in [0.2, 0.25) is 5.91 Å². The Morgan fingerprint density at radius 1 is 1.19 bits per heavy atom. The summed E-state index contributed by atoms with van der Waals surface area (Å²) in [4.78, 5) is 33.8. The van der Waals surface area contributed by atoms with Gasteiger partial charge in [-0.25, -0.2) is 4.79 Å². The molecule has 1 amide bonds. The van der Waals surface area contributed by atoms with Gasteiger partial charge in [-0.05, 0) is 31.9 Å². The number of aryl methyl sites for hydroxylation is 1. The molecule has 1 rings (SSSR count). The number of methoxy groups -OCH3 is 1. The van der Waals surface area contributed by atoms with Crippen LogP contribution in [0.3, 0.4) is 0 Å². The molecule has 0 fully saturated rings. The Bertz CT molecular complexity index is 539. The minimum atomic E-state index is -0.873. The molecular weight excluding hydrogens is 274 g/mol. The van der Waals surface area contributed by atoms with E-state index in [1.54, 1.807) is 18.2 Å². The molecule has 1 aromatic carbocycles. The summed E-state index contributed by atoms with van der Waals surface area (Å²) in [7, 11) is 1.28. The maximum absolute atomic E-state index is 11.8. The maximum atomic E-state index is 11.8. The van der Waals surface area contributed by atoms with Gasteiger partial charge in [-0.15, -0.1) is 0 Å². The van der Waals surface area contributed by atoms with Crippen molar-refractivity contribution in [3.63, 3.8) is 0 Å². The standard InChI is InChI=1S/C15H19NO5/c1-10-7-8-12(11(9-10)15(20)21-2)16-13(17)5-3-4-6-14(18)19/h7-9H,3-6H2,1-2H3,(H,16,17)(H,18,19). The molecule has 0 atom stereocenters. The van der Waals surface area contributed by atoms with E-state index in [0.717, 1.165) is 5.56 Å². The van der Waals surface area contributed by atoms with E-state index in [0.29, 0.717) is 24.1 Å². The van der Waals surface area contributed by atoms with Crippen LogP contribution in [0.1, 0.15) is 41.6 Å². The van der Waals surface area contributed by atoms with Crippen LogP contribution in [0.2, 0.25) is 0 Å². The van der Waals surface area contributed by atoms with Crippen molar-refractivity contribution >= 4 is 23.5 Å². The number of carbonyl (C=O) groups is 3. The third kappa shape index (κ3) is 5.64. The number of esters is 1. The summed E-state index contributed by atoms with van der Waals surface area (Å²) in [6.07, 6.45) is 1.19. The fourth-order valence-electron chi connectivity index (χ4n) is 1.82. The predicted molar refractivity (Wildman–Crippen MR) is 77.3 cm³/mol. The molecule has 0 aliphatic rings. The van der Waals surface area contributed by atoms with Crippen molar-refractivity contribution in [1.82, 2.24) is 0 Å². The lowest BCUT2D eigenvalue weighted by Gasteiger charge is -2.10. The highest BCUT2D eigenvalue weighted by Crippen LogP contribution is 2.19. The quantitative estimate of drug-likeness (QED) is 0.594. The first-order valence-corrected chi connectivity index (χ1v) is 6.64. The van der Waals surface area contributed by atoms with E-state index in [1.165, 1.54) is 7.11 Å². The number of carboxylic acid groups (broad SMARTS) is 1. The SMILES string of the molecule is COC(=O)c1cc(C)ccc1NC(=O)CCCCC(=O)O. The van der Waals surface area contributed by atoms with E-state index < -0.39 is 11.9 Å². The first-order chi connectivity index (χ1) is 9.93. The van der Waals surface area contributed by atoms with Gasteiger partial charge in [0.05, 0.1) is 18.4 Å². The van der Waals surface area contributed by atoms with Crippen molar-refractivity contribution in [2.45, 2.75) is 32.6 Å². The third-order valence-electron chi connectivity index (χ3n) is 2.90. The number of carbonyl (C=O) groups excluding carboxylic acids is 2.